The SMILES string of the molecule is Nc1ccn2c(C3CC3)cnc2c1. The lowest BCUT2D eigenvalue weighted by atomic mass is 10.3. The van der Waals surface area contributed by atoms with Crippen molar-refractivity contribution in [1.82, 2.24) is 9.38 Å². The molecular weight excluding hydrogens is 162 g/mol. The molecule has 1 aliphatic carbocycles. The van der Waals surface area contributed by atoms with Crippen LogP contribution in [0.1, 0.15) is 24.5 Å². The summed E-state index contributed by atoms with van der Waals surface area (Å²) in [6.07, 6.45) is 6.58. The molecule has 66 valence electrons. The fourth-order valence-electron chi connectivity index (χ4n) is 1.70. The van der Waals surface area contributed by atoms with Gasteiger partial charge in [-0.1, -0.05) is 0 Å². The molecule has 0 saturated heterocycles. The summed E-state index contributed by atoms with van der Waals surface area (Å²) in [6, 6.07) is 3.83. The highest BCUT2D eigenvalue weighted by atomic mass is 15.0. The maximum atomic E-state index is 5.67. The first-order chi connectivity index (χ1) is 6.34. The van der Waals surface area contributed by atoms with Gasteiger partial charge in [0.05, 0.1) is 0 Å². The summed E-state index contributed by atoms with van der Waals surface area (Å²) < 4.78 is 2.13. The molecule has 2 aromatic rings. The van der Waals surface area contributed by atoms with Gasteiger partial charge in [0.15, 0.2) is 0 Å². The van der Waals surface area contributed by atoms with Gasteiger partial charge in [-0.2, -0.15) is 0 Å². The van der Waals surface area contributed by atoms with Gasteiger partial charge in [-0.3, -0.25) is 0 Å². The number of nitrogens with zero attached hydrogens (tertiary/aromatic N) is 2. The van der Waals surface area contributed by atoms with Gasteiger partial charge in [-0.15, -0.1) is 0 Å². The van der Waals surface area contributed by atoms with Gasteiger partial charge in [-0.25, -0.2) is 4.98 Å². The predicted octanol–water partition coefficient (Wildman–Crippen LogP) is 1.79. The molecule has 2 N–H and O–H groups in total. The molecule has 0 aliphatic heterocycles. The van der Waals surface area contributed by atoms with Gasteiger partial charge in [-0.05, 0) is 18.9 Å². The van der Waals surface area contributed by atoms with Crippen molar-refractivity contribution in [3.8, 4) is 0 Å². The number of anilines is 1. The Kier molecular flexibility index (Phi) is 1.20. The van der Waals surface area contributed by atoms with Gasteiger partial charge in [0.1, 0.15) is 5.65 Å². The van der Waals surface area contributed by atoms with Crippen molar-refractivity contribution < 1.29 is 0 Å². The monoisotopic (exact) mass is 173 g/mol. The molecule has 0 aromatic carbocycles. The van der Waals surface area contributed by atoms with E-state index in [2.05, 4.69) is 9.38 Å². The Labute approximate surface area is 76.2 Å². The highest BCUT2D eigenvalue weighted by Crippen LogP contribution is 2.40. The molecule has 1 saturated carbocycles. The summed E-state index contributed by atoms with van der Waals surface area (Å²) in [7, 11) is 0. The molecule has 0 atom stereocenters. The fourth-order valence-corrected chi connectivity index (χ4v) is 1.70. The minimum absolute atomic E-state index is 0.735. The maximum Gasteiger partial charge on any atom is 0.138 e. The second-order valence-corrected chi connectivity index (χ2v) is 3.65. The third-order valence-electron chi connectivity index (χ3n) is 2.56. The van der Waals surface area contributed by atoms with Crippen molar-refractivity contribution in [2.45, 2.75) is 18.8 Å². The third-order valence-corrected chi connectivity index (χ3v) is 2.56. The number of fused-ring (bicyclic) bond motifs is 1. The summed E-state index contributed by atoms with van der Waals surface area (Å²) in [5.41, 5.74) is 8.74. The van der Waals surface area contributed by atoms with E-state index in [0.29, 0.717) is 0 Å². The highest BCUT2D eigenvalue weighted by Gasteiger charge is 2.26. The molecule has 1 fully saturated rings. The van der Waals surface area contributed by atoms with Crippen LogP contribution < -0.4 is 5.73 Å². The van der Waals surface area contributed by atoms with Crippen LogP contribution in [0.25, 0.3) is 5.65 Å². The van der Waals surface area contributed by atoms with Crippen molar-refractivity contribution in [3.63, 3.8) is 0 Å². The molecule has 0 amide bonds. The van der Waals surface area contributed by atoms with Gasteiger partial charge >= 0.3 is 0 Å². The Bertz CT molecular complexity index is 454. The van der Waals surface area contributed by atoms with Gasteiger partial charge in [0, 0.05) is 35.8 Å². The van der Waals surface area contributed by atoms with Gasteiger partial charge < -0.3 is 10.1 Å². The minimum atomic E-state index is 0.735. The molecule has 2 heterocycles. The topological polar surface area (TPSA) is 43.3 Å². The van der Waals surface area contributed by atoms with Crippen molar-refractivity contribution in [2.75, 3.05) is 5.73 Å². The summed E-state index contributed by atoms with van der Waals surface area (Å²) >= 11 is 0. The minimum Gasteiger partial charge on any atom is -0.399 e. The zero-order valence-corrected chi connectivity index (χ0v) is 7.27. The molecule has 0 spiro atoms. The number of hydrogen-bond donors (Lipinski definition) is 1. The van der Waals surface area contributed by atoms with Crippen LogP contribution in [-0.2, 0) is 0 Å². The van der Waals surface area contributed by atoms with Crippen LogP contribution in [0.2, 0.25) is 0 Å². The van der Waals surface area contributed by atoms with Gasteiger partial charge in [0.25, 0.3) is 0 Å². The number of nitrogen functional groups attached to an aromatic ring is 1. The number of hydrogen-bond acceptors (Lipinski definition) is 2. The van der Waals surface area contributed by atoms with E-state index in [1.54, 1.807) is 0 Å². The molecule has 3 nitrogen and oxygen atoms in total. The third kappa shape index (κ3) is 1.00. The molecule has 0 bridgehead atoms. The zero-order chi connectivity index (χ0) is 8.84. The quantitative estimate of drug-likeness (QED) is 0.714. The summed E-state index contributed by atoms with van der Waals surface area (Å²) in [4.78, 5) is 4.32. The predicted molar refractivity (Wildman–Crippen MR) is 51.6 cm³/mol. The molecule has 3 heteroatoms. The average molecular weight is 173 g/mol. The molecule has 13 heavy (non-hydrogen) atoms. The van der Waals surface area contributed by atoms with Crippen LogP contribution in [0, 0.1) is 0 Å². The van der Waals surface area contributed by atoms with E-state index < -0.39 is 0 Å². The van der Waals surface area contributed by atoms with Crippen LogP contribution in [-0.4, -0.2) is 9.38 Å². The lowest BCUT2D eigenvalue weighted by molar-refractivity contribution is 0.984. The first-order valence-electron chi connectivity index (χ1n) is 4.57. The Balaban J connectivity index is 2.26. The standard InChI is InChI=1S/C10H11N3/c11-8-3-4-13-9(7-1-2-7)6-12-10(13)5-8/h3-7H,1-2,11H2. The summed E-state index contributed by atoms with van der Waals surface area (Å²) in [5, 5.41) is 0. The first-order valence-corrected chi connectivity index (χ1v) is 4.57. The van der Waals surface area contributed by atoms with Crippen molar-refractivity contribution in [2.24, 2.45) is 0 Å². The van der Waals surface area contributed by atoms with E-state index in [4.69, 9.17) is 5.73 Å². The van der Waals surface area contributed by atoms with Crippen LogP contribution in [0.15, 0.2) is 24.5 Å². The molecule has 0 radical (unpaired) electrons. The van der Waals surface area contributed by atoms with Crippen LogP contribution in [0.3, 0.4) is 0 Å². The second kappa shape index (κ2) is 2.25. The van der Waals surface area contributed by atoms with E-state index in [-0.39, 0.29) is 0 Å². The lowest BCUT2D eigenvalue weighted by Gasteiger charge is -1.99. The molecule has 3 rings (SSSR count). The number of rotatable bonds is 1. The van der Waals surface area contributed by atoms with E-state index in [9.17, 15) is 0 Å². The summed E-state index contributed by atoms with van der Waals surface area (Å²) in [6.45, 7) is 0. The van der Waals surface area contributed by atoms with E-state index in [1.807, 2.05) is 24.5 Å². The van der Waals surface area contributed by atoms with E-state index in [1.165, 1.54) is 18.5 Å². The molecular formula is C10H11N3. The Hall–Kier alpha value is -1.51. The Morgan fingerprint density at radius 3 is 3.08 bits per heavy atom. The van der Waals surface area contributed by atoms with Gasteiger partial charge in [0.2, 0.25) is 0 Å². The van der Waals surface area contributed by atoms with E-state index in [0.717, 1.165) is 17.3 Å². The molecule has 2 aromatic heterocycles. The van der Waals surface area contributed by atoms with Crippen molar-refractivity contribution in [1.29, 1.82) is 0 Å². The van der Waals surface area contributed by atoms with E-state index >= 15 is 0 Å². The Morgan fingerprint density at radius 2 is 2.31 bits per heavy atom. The smallest absolute Gasteiger partial charge is 0.138 e. The van der Waals surface area contributed by atoms with Crippen molar-refractivity contribution >= 4 is 11.3 Å². The average Bonchev–Trinajstić information content (AvgIpc) is 2.87. The Morgan fingerprint density at radius 1 is 1.46 bits per heavy atom. The first kappa shape index (κ1) is 6.95. The number of imidazole rings is 1. The zero-order valence-electron chi connectivity index (χ0n) is 7.27. The molecule has 1 aliphatic rings. The van der Waals surface area contributed by atoms with Crippen LogP contribution >= 0.6 is 0 Å². The van der Waals surface area contributed by atoms with Crippen LogP contribution in [0.5, 0.6) is 0 Å². The maximum absolute atomic E-state index is 5.67. The number of nitrogens with two attached hydrogens (primary N) is 1. The molecule has 0 unspecified atom stereocenters. The largest absolute Gasteiger partial charge is 0.399 e. The van der Waals surface area contributed by atoms with Crippen molar-refractivity contribution in [3.05, 3.63) is 30.2 Å². The normalized spacial score (nSPS) is 16.6. The highest BCUT2D eigenvalue weighted by molar-refractivity contribution is 5.52. The second-order valence-electron chi connectivity index (χ2n) is 3.65. The fraction of sp³-hybridized carbons (Fsp3) is 0.300. The summed E-state index contributed by atoms with van der Waals surface area (Å²) in [5.74, 6) is 0.735. The van der Waals surface area contributed by atoms with Crippen LogP contribution in [0.4, 0.5) is 5.69 Å². The number of aromatic nitrogens is 2. The lowest BCUT2D eigenvalue weighted by Crippen LogP contribution is -1.92. The number of pyridine rings is 1.